The van der Waals surface area contributed by atoms with Crippen molar-refractivity contribution >= 4 is 22.7 Å². The molecule has 0 saturated heterocycles. The molecule has 0 aliphatic rings. The lowest BCUT2D eigenvalue weighted by molar-refractivity contribution is -0.275. The summed E-state index contributed by atoms with van der Waals surface area (Å²) in [5, 5.41) is 2.51. The Bertz CT molecular complexity index is 828. The molecule has 27 heavy (non-hydrogen) atoms. The van der Waals surface area contributed by atoms with E-state index in [4.69, 9.17) is 4.74 Å². The van der Waals surface area contributed by atoms with Gasteiger partial charge in [-0.15, -0.1) is 24.5 Å². The molecule has 0 atom stereocenters. The third-order valence-corrected chi connectivity index (χ3v) is 5.17. The van der Waals surface area contributed by atoms with E-state index in [-0.39, 0.29) is 17.0 Å². The fourth-order valence-corrected chi connectivity index (χ4v) is 3.21. The van der Waals surface area contributed by atoms with E-state index in [2.05, 4.69) is 14.7 Å². The number of hydrogen-bond donors (Lipinski definition) is 0. The van der Waals surface area contributed by atoms with Crippen LogP contribution in [0, 0.1) is 6.92 Å². The van der Waals surface area contributed by atoms with Gasteiger partial charge in [0.05, 0.1) is 5.60 Å². The number of nitrogens with zero attached hydrogens (tertiary/aromatic N) is 2. The molecule has 0 radical (unpaired) electrons. The highest BCUT2D eigenvalue weighted by Gasteiger charge is 2.37. The highest BCUT2D eigenvalue weighted by molar-refractivity contribution is 7.13. The number of methoxy groups -OCH3 is 1. The third kappa shape index (κ3) is 4.87. The van der Waals surface area contributed by atoms with Crippen molar-refractivity contribution in [2.24, 2.45) is 4.99 Å². The van der Waals surface area contributed by atoms with E-state index in [1.54, 1.807) is 40.0 Å². The van der Waals surface area contributed by atoms with Gasteiger partial charge in [-0.05, 0) is 45.7 Å². The van der Waals surface area contributed by atoms with Crippen molar-refractivity contribution in [3.05, 3.63) is 28.8 Å². The second kappa shape index (κ2) is 7.98. The van der Waals surface area contributed by atoms with Gasteiger partial charge in [-0.2, -0.15) is 0 Å². The Kier molecular flexibility index (Phi) is 6.32. The average Bonchev–Trinajstić information content (AvgIpc) is 3.10. The van der Waals surface area contributed by atoms with Crippen LogP contribution in [0.2, 0.25) is 0 Å². The number of alkyl halides is 3. The van der Waals surface area contributed by atoms with Gasteiger partial charge in [-0.3, -0.25) is 4.99 Å². The third-order valence-electron chi connectivity index (χ3n) is 4.36. The van der Waals surface area contributed by atoms with Crippen LogP contribution in [0.4, 0.5) is 18.9 Å². The molecule has 0 aliphatic heterocycles. The van der Waals surface area contributed by atoms with E-state index >= 15 is 0 Å². The molecule has 2 aromatic rings. The van der Waals surface area contributed by atoms with Crippen LogP contribution in [0.15, 0.2) is 22.6 Å². The van der Waals surface area contributed by atoms with Crippen LogP contribution in [-0.4, -0.2) is 24.2 Å². The minimum Gasteiger partial charge on any atom is -0.403 e. The molecular formula is C19H23F3N2O2S. The lowest BCUT2D eigenvalue weighted by atomic mass is 9.91. The first-order chi connectivity index (χ1) is 12.5. The van der Waals surface area contributed by atoms with Gasteiger partial charge in [-0.25, -0.2) is 4.98 Å². The number of halogens is 3. The Morgan fingerprint density at radius 1 is 1.30 bits per heavy atom. The second-order valence-corrected chi connectivity index (χ2v) is 7.47. The summed E-state index contributed by atoms with van der Waals surface area (Å²) in [5.41, 5.74) is 1.38. The monoisotopic (exact) mass is 400 g/mol. The van der Waals surface area contributed by atoms with Crippen LogP contribution in [0.5, 0.6) is 5.75 Å². The van der Waals surface area contributed by atoms with Crippen LogP contribution in [0.25, 0.3) is 10.6 Å². The molecule has 0 bridgehead atoms. The quantitative estimate of drug-likeness (QED) is 0.527. The Morgan fingerprint density at radius 3 is 2.44 bits per heavy atom. The Morgan fingerprint density at radius 2 is 1.96 bits per heavy atom. The molecule has 148 valence electrons. The molecule has 1 aromatic heterocycles. The van der Waals surface area contributed by atoms with Crippen molar-refractivity contribution < 1.29 is 22.6 Å². The SMILES string of the molecule is CC/C(C)=N\c1c(C)c(-c2nccs2)cc(C(C)(C)OC)c1OC(F)(F)F. The normalized spacial score (nSPS) is 13.1. The smallest absolute Gasteiger partial charge is 0.403 e. The number of aromatic nitrogens is 1. The Labute approximate surface area is 161 Å². The number of aliphatic imine (C=N–C) groups is 1. The largest absolute Gasteiger partial charge is 0.573 e. The van der Waals surface area contributed by atoms with E-state index in [9.17, 15) is 13.2 Å². The fourth-order valence-electron chi connectivity index (χ4n) is 2.50. The first kappa shape index (κ1) is 21.4. The van der Waals surface area contributed by atoms with Crippen molar-refractivity contribution in [3.8, 4) is 16.3 Å². The molecule has 0 fully saturated rings. The second-order valence-electron chi connectivity index (χ2n) is 6.57. The van der Waals surface area contributed by atoms with Gasteiger partial charge in [-0.1, -0.05) is 6.92 Å². The van der Waals surface area contributed by atoms with Gasteiger partial charge in [0.1, 0.15) is 10.7 Å². The van der Waals surface area contributed by atoms with Crippen LogP contribution in [0.1, 0.15) is 45.2 Å². The van der Waals surface area contributed by atoms with Crippen LogP contribution in [0.3, 0.4) is 0 Å². The molecule has 1 aromatic carbocycles. The van der Waals surface area contributed by atoms with Crippen molar-refractivity contribution in [2.75, 3.05) is 7.11 Å². The maximum absolute atomic E-state index is 13.2. The number of thiazole rings is 1. The molecule has 0 N–H and O–H groups in total. The number of rotatable bonds is 6. The predicted octanol–water partition coefficient (Wildman–Crippen LogP) is 6.40. The molecular weight excluding hydrogens is 377 g/mol. The van der Waals surface area contributed by atoms with Gasteiger partial charge in [0, 0.05) is 35.5 Å². The zero-order chi connectivity index (χ0) is 20.4. The molecule has 0 unspecified atom stereocenters. The van der Waals surface area contributed by atoms with Crippen molar-refractivity contribution in [1.29, 1.82) is 0 Å². The van der Waals surface area contributed by atoms with Gasteiger partial charge in [0.2, 0.25) is 0 Å². The Balaban J connectivity index is 2.91. The molecule has 0 aliphatic carbocycles. The number of benzene rings is 1. The van der Waals surface area contributed by atoms with Crippen LogP contribution >= 0.6 is 11.3 Å². The molecule has 0 amide bonds. The van der Waals surface area contributed by atoms with Gasteiger partial charge in [0.25, 0.3) is 0 Å². The van der Waals surface area contributed by atoms with Gasteiger partial charge < -0.3 is 9.47 Å². The van der Waals surface area contributed by atoms with E-state index in [1.807, 2.05) is 12.3 Å². The topological polar surface area (TPSA) is 43.7 Å². The molecule has 0 spiro atoms. The highest BCUT2D eigenvalue weighted by Crippen LogP contribution is 2.47. The summed E-state index contributed by atoms with van der Waals surface area (Å²) in [4.78, 5) is 8.76. The van der Waals surface area contributed by atoms with Crippen LogP contribution in [-0.2, 0) is 10.3 Å². The number of ether oxygens (including phenoxy) is 2. The summed E-state index contributed by atoms with van der Waals surface area (Å²) < 4.78 is 49.5. The molecule has 0 saturated carbocycles. The zero-order valence-electron chi connectivity index (χ0n) is 16.2. The van der Waals surface area contributed by atoms with Gasteiger partial charge in [0.15, 0.2) is 5.75 Å². The molecule has 4 nitrogen and oxygen atoms in total. The molecule has 8 heteroatoms. The summed E-state index contributed by atoms with van der Waals surface area (Å²) in [7, 11) is 1.44. The van der Waals surface area contributed by atoms with E-state index in [0.29, 0.717) is 28.3 Å². The zero-order valence-corrected chi connectivity index (χ0v) is 17.0. The van der Waals surface area contributed by atoms with E-state index in [0.717, 1.165) is 0 Å². The summed E-state index contributed by atoms with van der Waals surface area (Å²) in [6.07, 6.45) is -2.59. The summed E-state index contributed by atoms with van der Waals surface area (Å²) >= 11 is 1.41. The maximum atomic E-state index is 13.2. The number of hydrogen-bond acceptors (Lipinski definition) is 5. The minimum atomic E-state index is -4.85. The first-order valence-electron chi connectivity index (χ1n) is 8.43. The standard InChI is InChI=1S/C19H23F3N2O2S/c1-7-11(2)24-15-12(3)13(17-23-8-9-27-17)10-14(18(4,5)25-6)16(15)26-19(20,21)22/h8-10H,7H2,1-6H3/b24-11-. The molecule has 2 rings (SSSR count). The van der Waals surface area contributed by atoms with Crippen molar-refractivity contribution in [1.82, 2.24) is 4.98 Å². The first-order valence-corrected chi connectivity index (χ1v) is 9.31. The lowest BCUT2D eigenvalue weighted by Gasteiger charge is -2.29. The van der Waals surface area contributed by atoms with Crippen molar-refractivity contribution in [2.45, 2.75) is 53.0 Å². The average molecular weight is 400 g/mol. The highest BCUT2D eigenvalue weighted by atomic mass is 32.1. The lowest BCUT2D eigenvalue weighted by Crippen LogP contribution is -2.25. The molecule has 1 heterocycles. The van der Waals surface area contributed by atoms with E-state index in [1.165, 1.54) is 18.4 Å². The maximum Gasteiger partial charge on any atom is 0.573 e. The predicted molar refractivity (Wildman–Crippen MR) is 102 cm³/mol. The summed E-state index contributed by atoms with van der Waals surface area (Å²) in [5.74, 6) is -0.333. The van der Waals surface area contributed by atoms with Crippen molar-refractivity contribution in [3.63, 3.8) is 0 Å². The van der Waals surface area contributed by atoms with Crippen LogP contribution < -0.4 is 4.74 Å². The summed E-state index contributed by atoms with van der Waals surface area (Å²) in [6.45, 7) is 8.77. The Hall–Kier alpha value is -1.93. The fraction of sp³-hybridized carbons (Fsp3) is 0.474. The minimum absolute atomic E-state index is 0.152. The van der Waals surface area contributed by atoms with Gasteiger partial charge >= 0.3 is 6.36 Å². The summed E-state index contributed by atoms with van der Waals surface area (Å²) in [6, 6.07) is 1.65. The van der Waals surface area contributed by atoms with E-state index < -0.39 is 12.0 Å².